The minimum Gasteiger partial charge on any atom is -0.352 e. The number of nitrogens with one attached hydrogen (secondary N) is 1. The number of rotatable bonds is 11. The molecule has 3 aromatic rings. The molecule has 0 aromatic heterocycles. The first kappa shape index (κ1) is 30.3. The number of nitrogens with zero attached hydrogens (tertiary/aromatic N) is 2. The fraction of sp³-hybridized carbons (Fsp3) is 0.394. The molecule has 0 heterocycles. The second kappa shape index (κ2) is 13.3. The van der Waals surface area contributed by atoms with Crippen molar-refractivity contribution in [1.29, 1.82) is 0 Å². The number of carbonyl (C=O) groups excluding carboxylic acids is 2. The Kier molecular flexibility index (Phi) is 9.86. The number of hydrogen-bond acceptors (Lipinski definition) is 4. The van der Waals surface area contributed by atoms with Gasteiger partial charge in [-0.3, -0.25) is 13.9 Å². The van der Waals surface area contributed by atoms with Crippen molar-refractivity contribution in [3.63, 3.8) is 0 Å². The standard InChI is InChI=1S/C33H41N3O4S/c1-5-31(33(38)34-28-12-8-9-13-28)35(22-27-11-7-6-10-26(27)4)32(37)23-36(29-18-14-24(2)15-19-29)41(39,40)30-20-16-25(3)17-21-30/h6-7,10-11,14-21,28,31H,5,8-9,12-13,22-23H2,1-4H3,(H,34,38). The Hall–Kier alpha value is -3.65. The second-order valence-corrected chi connectivity index (χ2v) is 12.9. The van der Waals surface area contributed by atoms with Gasteiger partial charge in [-0.2, -0.15) is 0 Å². The fourth-order valence-corrected chi connectivity index (χ4v) is 6.75. The van der Waals surface area contributed by atoms with E-state index in [1.165, 1.54) is 0 Å². The molecular weight excluding hydrogens is 534 g/mol. The average Bonchev–Trinajstić information content (AvgIpc) is 3.46. The van der Waals surface area contributed by atoms with Gasteiger partial charge in [0.1, 0.15) is 12.6 Å². The molecule has 0 spiro atoms. The van der Waals surface area contributed by atoms with E-state index in [4.69, 9.17) is 0 Å². The third-order valence-electron chi connectivity index (χ3n) is 7.90. The molecule has 7 nitrogen and oxygen atoms in total. The van der Waals surface area contributed by atoms with Gasteiger partial charge in [0.15, 0.2) is 0 Å². The Balaban J connectivity index is 1.72. The Morgan fingerprint density at radius 3 is 2.05 bits per heavy atom. The average molecular weight is 576 g/mol. The van der Waals surface area contributed by atoms with Gasteiger partial charge in [0.05, 0.1) is 10.6 Å². The summed E-state index contributed by atoms with van der Waals surface area (Å²) in [6.45, 7) is 7.44. The molecule has 1 saturated carbocycles. The zero-order valence-electron chi connectivity index (χ0n) is 24.5. The minimum absolute atomic E-state index is 0.105. The fourth-order valence-electron chi connectivity index (χ4n) is 5.34. The molecule has 0 aliphatic heterocycles. The van der Waals surface area contributed by atoms with E-state index < -0.39 is 28.5 Å². The van der Waals surface area contributed by atoms with Gasteiger partial charge in [-0.05, 0) is 75.4 Å². The highest BCUT2D eigenvalue weighted by molar-refractivity contribution is 7.92. The molecule has 1 atom stereocenters. The van der Waals surface area contributed by atoms with E-state index in [2.05, 4.69) is 5.32 Å². The zero-order valence-corrected chi connectivity index (χ0v) is 25.3. The topological polar surface area (TPSA) is 86.8 Å². The van der Waals surface area contributed by atoms with E-state index in [-0.39, 0.29) is 23.4 Å². The Morgan fingerprint density at radius 2 is 1.46 bits per heavy atom. The van der Waals surface area contributed by atoms with Crippen LogP contribution in [0.5, 0.6) is 0 Å². The van der Waals surface area contributed by atoms with Crippen molar-refractivity contribution >= 4 is 27.5 Å². The highest BCUT2D eigenvalue weighted by atomic mass is 32.2. The highest BCUT2D eigenvalue weighted by Gasteiger charge is 2.34. The lowest BCUT2D eigenvalue weighted by Crippen LogP contribution is -2.53. The van der Waals surface area contributed by atoms with Crippen molar-refractivity contribution in [3.8, 4) is 0 Å². The molecule has 41 heavy (non-hydrogen) atoms. The van der Waals surface area contributed by atoms with Crippen molar-refractivity contribution in [1.82, 2.24) is 10.2 Å². The summed E-state index contributed by atoms with van der Waals surface area (Å²) in [5.41, 5.74) is 4.22. The monoisotopic (exact) mass is 575 g/mol. The highest BCUT2D eigenvalue weighted by Crippen LogP contribution is 2.26. The van der Waals surface area contributed by atoms with Crippen LogP contribution >= 0.6 is 0 Å². The first-order valence-electron chi connectivity index (χ1n) is 14.4. The van der Waals surface area contributed by atoms with Crippen molar-refractivity contribution in [2.45, 2.75) is 83.3 Å². The summed E-state index contributed by atoms with van der Waals surface area (Å²) in [4.78, 5) is 29.4. The van der Waals surface area contributed by atoms with Crippen LogP contribution in [0.15, 0.2) is 77.7 Å². The van der Waals surface area contributed by atoms with Crippen LogP contribution < -0.4 is 9.62 Å². The molecule has 2 amide bonds. The predicted molar refractivity (Wildman–Crippen MR) is 163 cm³/mol. The van der Waals surface area contributed by atoms with Crippen LogP contribution in [-0.4, -0.2) is 43.8 Å². The molecule has 1 fully saturated rings. The van der Waals surface area contributed by atoms with E-state index in [0.717, 1.165) is 52.2 Å². The summed E-state index contributed by atoms with van der Waals surface area (Å²) in [5, 5.41) is 3.15. The van der Waals surface area contributed by atoms with E-state index in [1.807, 2.05) is 64.1 Å². The number of carbonyl (C=O) groups is 2. The number of hydrogen-bond donors (Lipinski definition) is 1. The maximum Gasteiger partial charge on any atom is 0.264 e. The van der Waals surface area contributed by atoms with Gasteiger partial charge in [-0.25, -0.2) is 8.42 Å². The van der Waals surface area contributed by atoms with Crippen LogP contribution in [0.4, 0.5) is 5.69 Å². The largest absolute Gasteiger partial charge is 0.352 e. The maximum absolute atomic E-state index is 14.2. The van der Waals surface area contributed by atoms with E-state index in [9.17, 15) is 18.0 Å². The molecule has 3 aromatic carbocycles. The predicted octanol–water partition coefficient (Wildman–Crippen LogP) is 5.67. The van der Waals surface area contributed by atoms with E-state index >= 15 is 0 Å². The summed E-state index contributed by atoms with van der Waals surface area (Å²) in [7, 11) is -4.08. The molecule has 0 radical (unpaired) electrons. The van der Waals surface area contributed by atoms with Crippen LogP contribution in [0.25, 0.3) is 0 Å². The van der Waals surface area contributed by atoms with Crippen molar-refractivity contribution in [3.05, 3.63) is 95.1 Å². The first-order chi connectivity index (χ1) is 19.6. The molecule has 1 unspecified atom stereocenters. The van der Waals surface area contributed by atoms with Crippen molar-refractivity contribution < 1.29 is 18.0 Å². The number of sulfonamides is 1. The summed E-state index contributed by atoms with van der Waals surface area (Å²) in [6, 6.07) is 20.8. The molecular formula is C33H41N3O4S. The van der Waals surface area contributed by atoms with Crippen molar-refractivity contribution in [2.24, 2.45) is 0 Å². The lowest BCUT2D eigenvalue weighted by Gasteiger charge is -2.34. The zero-order chi connectivity index (χ0) is 29.6. The van der Waals surface area contributed by atoms with Gasteiger partial charge in [0.25, 0.3) is 10.0 Å². The van der Waals surface area contributed by atoms with Gasteiger partial charge in [0, 0.05) is 12.6 Å². The number of anilines is 1. The van der Waals surface area contributed by atoms with Crippen LogP contribution in [0.3, 0.4) is 0 Å². The maximum atomic E-state index is 14.2. The molecule has 0 saturated heterocycles. The SMILES string of the molecule is CCC(C(=O)NC1CCCC1)N(Cc1ccccc1C)C(=O)CN(c1ccc(C)cc1)S(=O)(=O)c1ccc(C)cc1. The quantitative estimate of drug-likeness (QED) is 0.319. The van der Waals surface area contributed by atoms with Gasteiger partial charge < -0.3 is 10.2 Å². The number of amides is 2. The van der Waals surface area contributed by atoms with Crippen LogP contribution in [0, 0.1) is 20.8 Å². The molecule has 1 aliphatic carbocycles. The molecule has 1 aliphatic rings. The van der Waals surface area contributed by atoms with E-state index in [0.29, 0.717) is 12.1 Å². The van der Waals surface area contributed by atoms with Crippen LogP contribution in [0.2, 0.25) is 0 Å². The minimum atomic E-state index is -4.08. The molecule has 0 bridgehead atoms. The first-order valence-corrected chi connectivity index (χ1v) is 15.8. The number of benzene rings is 3. The lowest BCUT2D eigenvalue weighted by molar-refractivity contribution is -0.140. The summed E-state index contributed by atoms with van der Waals surface area (Å²) < 4.78 is 29.1. The smallest absolute Gasteiger partial charge is 0.264 e. The lowest BCUT2D eigenvalue weighted by atomic mass is 10.1. The van der Waals surface area contributed by atoms with Gasteiger partial charge in [-0.1, -0.05) is 79.4 Å². The molecule has 1 N–H and O–H groups in total. The third-order valence-corrected chi connectivity index (χ3v) is 9.69. The van der Waals surface area contributed by atoms with Gasteiger partial charge >= 0.3 is 0 Å². The molecule has 4 rings (SSSR count). The van der Waals surface area contributed by atoms with Crippen LogP contribution in [-0.2, 0) is 26.2 Å². The normalized spacial score (nSPS) is 14.4. The number of aryl methyl sites for hydroxylation is 3. The Labute approximate surface area is 244 Å². The summed E-state index contributed by atoms with van der Waals surface area (Å²) in [6.07, 6.45) is 4.44. The summed E-state index contributed by atoms with van der Waals surface area (Å²) >= 11 is 0. The van der Waals surface area contributed by atoms with E-state index in [1.54, 1.807) is 41.3 Å². The second-order valence-electron chi connectivity index (χ2n) is 11.0. The van der Waals surface area contributed by atoms with Gasteiger partial charge in [-0.15, -0.1) is 0 Å². The molecule has 218 valence electrons. The molecule has 8 heteroatoms. The Bertz CT molecular complexity index is 1450. The van der Waals surface area contributed by atoms with Crippen LogP contribution in [0.1, 0.15) is 61.3 Å². The Morgan fingerprint density at radius 1 is 0.878 bits per heavy atom. The van der Waals surface area contributed by atoms with Gasteiger partial charge in [0.2, 0.25) is 11.8 Å². The summed E-state index contributed by atoms with van der Waals surface area (Å²) in [5.74, 6) is -0.623. The third kappa shape index (κ3) is 7.36. The van der Waals surface area contributed by atoms with Crippen molar-refractivity contribution in [2.75, 3.05) is 10.8 Å².